The fraction of sp³-hybridized carbons (Fsp3) is 0.333. The van der Waals surface area contributed by atoms with Crippen LogP contribution in [-0.2, 0) is 9.59 Å². The van der Waals surface area contributed by atoms with E-state index in [9.17, 15) is 19.1 Å². The van der Waals surface area contributed by atoms with Crippen LogP contribution in [0.5, 0.6) is 11.5 Å². The Labute approximate surface area is 186 Å². The molecule has 0 unspecified atom stereocenters. The van der Waals surface area contributed by atoms with E-state index in [4.69, 9.17) is 9.47 Å². The lowest BCUT2D eigenvalue weighted by atomic mass is 9.94. The monoisotopic (exact) mass is 442 g/mol. The van der Waals surface area contributed by atoms with Crippen LogP contribution in [0.25, 0.3) is 5.76 Å². The number of aliphatic hydroxyl groups is 1. The van der Waals surface area contributed by atoms with Crippen LogP contribution < -0.4 is 9.47 Å². The molecule has 1 aliphatic rings. The summed E-state index contributed by atoms with van der Waals surface area (Å²) >= 11 is 0. The van der Waals surface area contributed by atoms with Gasteiger partial charge >= 0.3 is 0 Å². The van der Waals surface area contributed by atoms with Gasteiger partial charge in [-0.2, -0.15) is 0 Å². The standard InChI is InChI=1S/C24H27FN2O5/c1-26(2)12-5-13-27-21(18-14-17(31-3)10-11-19(18)32-4)20(23(29)24(27)30)22(28)15-6-8-16(25)9-7-15/h6-11,14,21,28H,5,12-13H2,1-4H3/t21-/m0/s1. The predicted molar refractivity (Wildman–Crippen MR) is 118 cm³/mol. The van der Waals surface area contributed by atoms with Gasteiger partial charge in [0.2, 0.25) is 0 Å². The van der Waals surface area contributed by atoms with Crippen LogP contribution in [0, 0.1) is 5.82 Å². The summed E-state index contributed by atoms with van der Waals surface area (Å²) in [6.07, 6.45) is 0.624. The van der Waals surface area contributed by atoms with E-state index in [0.29, 0.717) is 36.6 Å². The lowest BCUT2D eigenvalue weighted by Crippen LogP contribution is -2.32. The topological polar surface area (TPSA) is 79.3 Å². The first-order valence-electron chi connectivity index (χ1n) is 10.2. The highest BCUT2D eigenvalue weighted by atomic mass is 19.1. The van der Waals surface area contributed by atoms with Crippen LogP contribution >= 0.6 is 0 Å². The highest BCUT2D eigenvalue weighted by molar-refractivity contribution is 6.46. The number of amides is 1. The van der Waals surface area contributed by atoms with Crippen LogP contribution in [0.1, 0.15) is 23.6 Å². The zero-order valence-electron chi connectivity index (χ0n) is 18.6. The van der Waals surface area contributed by atoms with E-state index in [1.165, 1.54) is 43.4 Å². The summed E-state index contributed by atoms with van der Waals surface area (Å²) < 4.78 is 24.2. The number of rotatable bonds is 8. The molecule has 2 aromatic rings. The number of Topliss-reactive ketones (excluding diaryl/α,β-unsaturated/α-hetero) is 1. The average molecular weight is 442 g/mol. The number of carbonyl (C=O) groups excluding carboxylic acids is 2. The third kappa shape index (κ3) is 4.60. The summed E-state index contributed by atoms with van der Waals surface area (Å²) in [5, 5.41) is 11.0. The first-order chi connectivity index (χ1) is 15.3. The van der Waals surface area contributed by atoms with Crippen molar-refractivity contribution in [3.05, 3.63) is 65.0 Å². The van der Waals surface area contributed by atoms with Gasteiger partial charge in [0.1, 0.15) is 23.1 Å². The molecule has 3 rings (SSSR count). The maximum absolute atomic E-state index is 13.4. The van der Waals surface area contributed by atoms with Gasteiger partial charge in [0.15, 0.2) is 0 Å². The molecule has 0 saturated carbocycles. The molecule has 1 amide bonds. The Kier molecular flexibility index (Phi) is 7.15. The number of hydrogen-bond donors (Lipinski definition) is 1. The van der Waals surface area contributed by atoms with Crippen molar-refractivity contribution in [2.75, 3.05) is 41.4 Å². The third-order valence-corrected chi connectivity index (χ3v) is 5.39. The first-order valence-corrected chi connectivity index (χ1v) is 10.2. The van der Waals surface area contributed by atoms with Gasteiger partial charge in [-0.3, -0.25) is 9.59 Å². The molecule has 32 heavy (non-hydrogen) atoms. The van der Waals surface area contributed by atoms with Crippen LogP contribution in [-0.4, -0.2) is 68.0 Å². The lowest BCUT2D eigenvalue weighted by molar-refractivity contribution is -0.140. The number of ketones is 1. The number of benzene rings is 2. The van der Waals surface area contributed by atoms with Crippen molar-refractivity contribution in [1.82, 2.24) is 9.80 Å². The Morgan fingerprint density at radius 2 is 1.78 bits per heavy atom. The van der Waals surface area contributed by atoms with E-state index < -0.39 is 23.5 Å². The van der Waals surface area contributed by atoms with Gasteiger partial charge in [0, 0.05) is 17.7 Å². The molecule has 170 valence electrons. The largest absolute Gasteiger partial charge is 0.507 e. The molecule has 2 aromatic carbocycles. The molecule has 1 fully saturated rings. The molecule has 0 aliphatic carbocycles. The van der Waals surface area contributed by atoms with E-state index >= 15 is 0 Å². The summed E-state index contributed by atoms with van der Waals surface area (Å²) in [6, 6.07) is 9.30. The van der Waals surface area contributed by atoms with Crippen LogP contribution in [0.4, 0.5) is 4.39 Å². The SMILES string of the molecule is COc1ccc(OC)c([C@H]2C(=C(O)c3ccc(F)cc3)C(=O)C(=O)N2CCCN(C)C)c1. The Hall–Kier alpha value is -3.39. The minimum atomic E-state index is -0.882. The van der Waals surface area contributed by atoms with Gasteiger partial charge in [-0.1, -0.05) is 0 Å². The van der Waals surface area contributed by atoms with Crippen molar-refractivity contribution in [3.63, 3.8) is 0 Å². The number of ether oxygens (including phenoxy) is 2. The quantitative estimate of drug-likeness (QED) is 0.384. The van der Waals surface area contributed by atoms with E-state index in [-0.39, 0.29) is 16.9 Å². The number of hydrogen-bond acceptors (Lipinski definition) is 6. The lowest BCUT2D eigenvalue weighted by Gasteiger charge is -2.27. The van der Waals surface area contributed by atoms with Gasteiger partial charge in [0.25, 0.3) is 11.7 Å². The summed E-state index contributed by atoms with van der Waals surface area (Å²) in [6.45, 7) is 1.01. The van der Waals surface area contributed by atoms with Crippen LogP contribution in [0.15, 0.2) is 48.0 Å². The molecule has 0 bridgehead atoms. The summed E-state index contributed by atoms with van der Waals surface area (Å²) in [5.74, 6) is -1.39. The number of carbonyl (C=O) groups is 2. The molecule has 0 radical (unpaired) electrons. The molecule has 0 spiro atoms. The number of nitrogens with zero attached hydrogens (tertiary/aromatic N) is 2. The van der Waals surface area contributed by atoms with Crippen LogP contribution in [0.2, 0.25) is 0 Å². The molecule has 1 N–H and O–H groups in total. The molecule has 1 heterocycles. The second-order valence-electron chi connectivity index (χ2n) is 7.76. The minimum absolute atomic E-state index is 0.0713. The van der Waals surface area contributed by atoms with Crippen LogP contribution in [0.3, 0.4) is 0 Å². The van der Waals surface area contributed by atoms with E-state index in [0.717, 1.165) is 0 Å². The van der Waals surface area contributed by atoms with Gasteiger partial charge in [-0.05, 0) is 69.5 Å². The highest BCUT2D eigenvalue weighted by Crippen LogP contribution is 2.43. The molecule has 1 saturated heterocycles. The Morgan fingerprint density at radius 3 is 2.38 bits per heavy atom. The van der Waals surface area contributed by atoms with Crippen molar-refractivity contribution in [2.24, 2.45) is 0 Å². The van der Waals surface area contributed by atoms with E-state index in [2.05, 4.69) is 0 Å². The molecule has 1 atom stereocenters. The normalized spacial score (nSPS) is 17.8. The summed E-state index contributed by atoms with van der Waals surface area (Å²) in [7, 11) is 6.85. The fourth-order valence-corrected chi connectivity index (χ4v) is 3.81. The van der Waals surface area contributed by atoms with Gasteiger partial charge in [-0.15, -0.1) is 0 Å². The van der Waals surface area contributed by atoms with Gasteiger partial charge in [-0.25, -0.2) is 4.39 Å². The second kappa shape index (κ2) is 9.82. The zero-order valence-corrected chi connectivity index (χ0v) is 18.6. The first kappa shape index (κ1) is 23.3. The smallest absolute Gasteiger partial charge is 0.295 e. The van der Waals surface area contributed by atoms with Crippen molar-refractivity contribution in [2.45, 2.75) is 12.5 Å². The van der Waals surface area contributed by atoms with Crippen molar-refractivity contribution in [3.8, 4) is 11.5 Å². The van der Waals surface area contributed by atoms with Gasteiger partial charge in [0.05, 0.1) is 25.8 Å². The van der Waals surface area contributed by atoms with Gasteiger partial charge < -0.3 is 24.4 Å². The fourth-order valence-electron chi connectivity index (χ4n) is 3.81. The Morgan fingerprint density at radius 1 is 1.09 bits per heavy atom. The maximum atomic E-state index is 13.4. The maximum Gasteiger partial charge on any atom is 0.295 e. The molecule has 0 aromatic heterocycles. The molecule has 7 nitrogen and oxygen atoms in total. The third-order valence-electron chi connectivity index (χ3n) is 5.39. The molecule has 8 heteroatoms. The zero-order chi connectivity index (χ0) is 23.4. The predicted octanol–water partition coefficient (Wildman–Crippen LogP) is 3.22. The van der Waals surface area contributed by atoms with Crippen molar-refractivity contribution < 1.29 is 28.6 Å². The molecular weight excluding hydrogens is 415 g/mol. The number of halogens is 1. The van der Waals surface area contributed by atoms with E-state index in [1.807, 2.05) is 19.0 Å². The second-order valence-corrected chi connectivity index (χ2v) is 7.76. The number of aliphatic hydroxyl groups excluding tert-OH is 1. The minimum Gasteiger partial charge on any atom is -0.507 e. The number of likely N-dealkylation sites (tertiary alicyclic amines) is 1. The summed E-state index contributed by atoms with van der Waals surface area (Å²) in [4.78, 5) is 29.5. The number of methoxy groups -OCH3 is 2. The van der Waals surface area contributed by atoms with Crippen molar-refractivity contribution >= 4 is 17.4 Å². The van der Waals surface area contributed by atoms with E-state index in [1.54, 1.807) is 18.2 Å². The Bertz CT molecular complexity index is 1030. The molecular formula is C24H27FN2O5. The average Bonchev–Trinajstić information content (AvgIpc) is 3.03. The highest BCUT2D eigenvalue weighted by Gasteiger charge is 2.47. The Balaban J connectivity index is 2.18. The summed E-state index contributed by atoms with van der Waals surface area (Å²) in [5.41, 5.74) is 0.683. The van der Waals surface area contributed by atoms with Crippen molar-refractivity contribution in [1.29, 1.82) is 0 Å². The molecule has 1 aliphatic heterocycles.